The highest BCUT2D eigenvalue weighted by Gasteiger charge is 2.21. The zero-order valence-corrected chi connectivity index (χ0v) is 13.1. The smallest absolute Gasteiger partial charge is 0.258 e. The minimum atomic E-state index is -0.457. The second-order valence-corrected chi connectivity index (χ2v) is 5.74. The molecule has 1 aliphatic carbocycles. The van der Waals surface area contributed by atoms with Crippen LogP contribution in [0.3, 0.4) is 0 Å². The van der Waals surface area contributed by atoms with Crippen LogP contribution in [0, 0.1) is 5.92 Å². The molecule has 0 bridgehead atoms. The van der Waals surface area contributed by atoms with Crippen LogP contribution in [0.1, 0.15) is 32.1 Å². The van der Waals surface area contributed by atoms with Gasteiger partial charge in [0.15, 0.2) is 6.61 Å². The van der Waals surface area contributed by atoms with Gasteiger partial charge in [-0.25, -0.2) is 0 Å². The first kappa shape index (κ1) is 16.6. The van der Waals surface area contributed by atoms with Gasteiger partial charge >= 0.3 is 0 Å². The number of hydrogen-bond donors (Lipinski definition) is 2. The highest BCUT2D eigenvalue weighted by atomic mass is 16.5. The van der Waals surface area contributed by atoms with E-state index in [9.17, 15) is 9.90 Å². The molecule has 1 saturated carbocycles. The molecule has 0 unspecified atom stereocenters. The van der Waals surface area contributed by atoms with Crippen molar-refractivity contribution >= 4 is 5.91 Å². The minimum Gasteiger partial charge on any atom is -0.497 e. The molecule has 122 valence electrons. The van der Waals surface area contributed by atoms with Gasteiger partial charge in [-0.05, 0) is 30.9 Å². The van der Waals surface area contributed by atoms with Crippen LogP contribution in [0.2, 0.25) is 0 Å². The molecule has 0 aromatic heterocycles. The average molecular weight is 307 g/mol. The first-order chi connectivity index (χ1) is 10.7. The predicted molar refractivity (Wildman–Crippen MR) is 84.1 cm³/mol. The molecule has 0 radical (unpaired) electrons. The lowest BCUT2D eigenvalue weighted by atomic mass is 9.85. The molecule has 1 aromatic rings. The lowest BCUT2D eigenvalue weighted by molar-refractivity contribution is -0.123. The Hall–Kier alpha value is -1.75. The summed E-state index contributed by atoms with van der Waals surface area (Å²) in [7, 11) is 1.58. The predicted octanol–water partition coefficient (Wildman–Crippen LogP) is 2.13. The Morgan fingerprint density at radius 2 is 2.05 bits per heavy atom. The SMILES string of the molecule is COc1cccc(OCC(=O)NC[C@H](O)C2CCCCC2)c1. The fourth-order valence-corrected chi connectivity index (χ4v) is 2.79. The Labute approximate surface area is 131 Å². The second kappa shape index (κ2) is 8.63. The maximum absolute atomic E-state index is 11.8. The third-order valence-corrected chi connectivity index (χ3v) is 4.11. The van der Waals surface area contributed by atoms with E-state index in [0.29, 0.717) is 24.0 Å². The van der Waals surface area contributed by atoms with Crippen LogP contribution in [0.15, 0.2) is 24.3 Å². The molecule has 0 saturated heterocycles. The van der Waals surface area contributed by atoms with Crippen LogP contribution in [0.25, 0.3) is 0 Å². The number of nitrogens with one attached hydrogen (secondary N) is 1. The highest BCUT2D eigenvalue weighted by Crippen LogP contribution is 2.26. The van der Waals surface area contributed by atoms with Gasteiger partial charge in [-0.1, -0.05) is 25.3 Å². The second-order valence-electron chi connectivity index (χ2n) is 5.74. The number of ether oxygens (including phenoxy) is 2. The number of methoxy groups -OCH3 is 1. The molecule has 0 heterocycles. The van der Waals surface area contributed by atoms with Crippen molar-refractivity contribution in [2.45, 2.75) is 38.2 Å². The summed E-state index contributed by atoms with van der Waals surface area (Å²) >= 11 is 0. The van der Waals surface area contributed by atoms with Crippen LogP contribution < -0.4 is 14.8 Å². The zero-order chi connectivity index (χ0) is 15.8. The molecule has 5 nitrogen and oxygen atoms in total. The normalized spacial score (nSPS) is 16.8. The van der Waals surface area contributed by atoms with E-state index >= 15 is 0 Å². The number of carbonyl (C=O) groups excluding carboxylic acids is 1. The molecule has 1 aliphatic rings. The third kappa shape index (κ3) is 5.22. The standard InChI is InChI=1S/C17H25NO4/c1-21-14-8-5-9-15(10-14)22-12-17(20)18-11-16(19)13-6-3-2-4-7-13/h5,8-10,13,16,19H,2-4,6-7,11-12H2,1H3,(H,18,20)/t16-/m0/s1. The largest absolute Gasteiger partial charge is 0.497 e. The van der Waals surface area contributed by atoms with Gasteiger partial charge in [-0.2, -0.15) is 0 Å². The molecule has 5 heteroatoms. The van der Waals surface area contributed by atoms with E-state index in [4.69, 9.17) is 9.47 Å². The van der Waals surface area contributed by atoms with E-state index in [1.165, 1.54) is 19.3 Å². The summed E-state index contributed by atoms with van der Waals surface area (Å²) in [6, 6.07) is 7.11. The summed E-state index contributed by atoms with van der Waals surface area (Å²) in [5, 5.41) is 12.8. The molecule has 0 spiro atoms. The van der Waals surface area contributed by atoms with Gasteiger partial charge in [0.05, 0.1) is 13.2 Å². The van der Waals surface area contributed by atoms with Gasteiger partial charge in [0, 0.05) is 12.6 Å². The first-order valence-electron chi connectivity index (χ1n) is 7.90. The summed E-state index contributed by atoms with van der Waals surface area (Å²) in [5.74, 6) is 1.36. The third-order valence-electron chi connectivity index (χ3n) is 4.11. The molecule has 2 rings (SSSR count). The van der Waals surface area contributed by atoms with Gasteiger partial charge in [-0.15, -0.1) is 0 Å². The molecule has 1 amide bonds. The van der Waals surface area contributed by atoms with Crippen LogP contribution in [0.5, 0.6) is 11.5 Å². The average Bonchev–Trinajstić information content (AvgIpc) is 2.58. The summed E-state index contributed by atoms with van der Waals surface area (Å²) in [5.41, 5.74) is 0. The Bertz CT molecular complexity index is 471. The van der Waals surface area contributed by atoms with E-state index in [0.717, 1.165) is 12.8 Å². The van der Waals surface area contributed by atoms with Gasteiger partial charge < -0.3 is 19.9 Å². The van der Waals surface area contributed by atoms with Gasteiger partial charge in [0.2, 0.25) is 0 Å². The van der Waals surface area contributed by atoms with E-state index in [1.807, 2.05) is 6.07 Å². The van der Waals surface area contributed by atoms with Crippen LogP contribution >= 0.6 is 0 Å². The summed E-state index contributed by atoms with van der Waals surface area (Å²) in [6.07, 6.45) is 5.25. The molecule has 0 aliphatic heterocycles. The van der Waals surface area contributed by atoms with E-state index in [1.54, 1.807) is 25.3 Å². The van der Waals surface area contributed by atoms with Crippen molar-refractivity contribution in [3.05, 3.63) is 24.3 Å². The summed E-state index contributed by atoms with van der Waals surface area (Å²) < 4.78 is 10.5. The maximum Gasteiger partial charge on any atom is 0.258 e. The van der Waals surface area contributed by atoms with Crippen molar-refractivity contribution in [1.29, 1.82) is 0 Å². The van der Waals surface area contributed by atoms with E-state index in [-0.39, 0.29) is 12.5 Å². The topological polar surface area (TPSA) is 67.8 Å². The Morgan fingerprint density at radius 3 is 2.77 bits per heavy atom. The fourth-order valence-electron chi connectivity index (χ4n) is 2.79. The van der Waals surface area contributed by atoms with E-state index < -0.39 is 6.10 Å². The number of benzene rings is 1. The molecule has 1 atom stereocenters. The molecular formula is C17H25NO4. The van der Waals surface area contributed by atoms with Crippen molar-refractivity contribution in [1.82, 2.24) is 5.32 Å². The van der Waals surface area contributed by atoms with Crippen molar-refractivity contribution in [3.8, 4) is 11.5 Å². The van der Waals surface area contributed by atoms with Crippen molar-refractivity contribution < 1.29 is 19.4 Å². The molecular weight excluding hydrogens is 282 g/mol. The number of carbonyl (C=O) groups is 1. The van der Waals surface area contributed by atoms with Gasteiger partial charge in [0.25, 0.3) is 5.91 Å². The first-order valence-corrected chi connectivity index (χ1v) is 7.90. The van der Waals surface area contributed by atoms with Crippen LogP contribution in [-0.2, 0) is 4.79 Å². The number of aliphatic hydroxyl groups excluding tert-OH is 1. The monoisotopic (exact) mass is 307 g/mol. The minimum absolute atomic E-state index is 0.0649. The molecule has 1 aromatic carbocycles. The van der Waals surface area contributed by atoms with Crippen LogP contribution in [-0.4, -0.2) is 37.4 Å². The Balaban J connectivity index is 1.68. The Kier molecular flexibility index (Phi) is 6.52. The number of aliphatic hydroxyl groups is 1. The van der Waals surface area contributed by atoms with Gasteiger partial charge in [0.1, 0.15) is 11.5 Å². The van der Waals surface area contributed by atoms with Crippen molar-refractivity contribution in [2.24, 2.45) is 5.92 Å². The lowest BCUT2D eigenvalue weighted by Gasteiger charge is -2.26. The number of rotatable bonds is 7. The molecule has 2 N–H and O–H groups in total. The van der Waals surface area contributed by atoms with Crippen molar-refractivity contribution in [2.75, 3.05) is 20.3 Å². The fraction of sp³-hybridized carbons (Fsp3) is 0.588. The van der Waals surface area contributed by atoms with E-state index in [2.05, 4.69) is 5.32 Å². The quantitative estimate of drug-likeness (QED) is 0.810. The van der Waals surface area contributed by atoms with Crippen molar-refractivity contribution in [3.63, 3.8) is 0 Å². The maximum atomic E-state index is 11.8. The summed E-state index contributed by atoms with van der Waals surface area (Å²) in [6.45, 7) is 0.232. The van der Waals surface area contributed by atoms with Crippen LogP contribution in [0.4, 0.5) is 0 Å². The summed E-state index contributed by atoms with van der Waals surface area (Å²) in [4.78, 5) is 11.8. The molecule has 1 fully saturated rings. The number of amides is 1. The Morgan fingerprint density at radius 1 is 1.32 bits per heavy atom. The number of hydrogen-bond acceptors (Lipinski definition) is 4. The highest BCUT2D eigenvalue weighted by molar-refractivity contribution is 5.77. The zero-order valence-electron chi connectivity index (χ0n) is 13.1. The lowest BCUT2D eigenvalue weighted by Crippen LogP contribution is -2.39. The molecule has 22 heavy (non-hydrogen) atoms. The van der Waals surface area contributed by atoms with Gasteiger partial charge in [-0.3, -0.25) is 4.79 Å².